The van der Waals surface area contributed by atoms with Crippen LogP contribution < -0.4 is 5.32 Å². The fourth-order valence-electron chi connectivity index (χ4n) is 3.73. The molecule has 7 nitrogen and oxygen atoms in total. The summed E-state index contributed by atoms with van der Waals surface area (Å²) in [7, 11) is 0. The van der Waals surface area contributed by atoms with E-state index in [1.807, 2.05) is 24.3 Å². The van der Waals surface area contributed by atoms with E-state index < -0.39 is 5.97 Å². The van der Waals surface area contributed by atoms with Gasteiger partial charge >= 0.3 is 5.97 Å². The number of carboxylic acid groups (broad SMARTS) is 1. The first kappa shape index (κ1) is 18.9. The van der Waals surface area contributed by atoms with Gasteiger partial charge in [-0.2, -0.15) is 0 Å². The summed E-state index contributed by atoms with van der Waals surface area (Å²) in [5.74, 6) is -1.79. The van der Waals surface area contributed by atoms with Gasteiger partial charge in [-0.1, -0.05) is 25.1 Å². The van der Waals surface area contributed by atoms with Crippen LogP contribution in [0.15, 0.2) is 42.5 Å². The number of hydrogen-bond acceptors (Lipinski definition) is 5. The quantitative estimate of drug-likeness (QED) is 0.590. The van der Waals surface area contributed by atoms with E-state index in [0.29, 0.717) is 12.1 Å². The molecule has 0 fully saturated rings. The third-order valence-electron chi connectivity index (χ3n) is 5.29. The summed E-state index contributed by atoms with van der Waals surface area (Å²) in [6, 6.07) is 11.4. The molecule has 148 valence electrons. The van der Waals surface area contributed by atoms with Crippen LogP contribution in [-0.4, -0.2) is 45.1 Å². The highest BCUT2D eigenvalue weighted by Gasteiger charge is 2.25. The number of benzene rings is 2. The Balaban J connectivity index is 1.78. The maximum Gasteiger partial charge on any atom is 0.335 e. The van der Waals surface area contributed by atoms with Gasteiger partial charge in [0.1, 0.15) is 5.75 Å². The lowest BCUT2D eigenvalue weighted by Gasteiger charge is -2.29. The predicted molar refractivity (Wildman–Crippen MR) is 109 cm³/mol. The summed E-state index contributed by atoms with van der Waals surface area (Å²) in [6.45, 7) is 4.50. The Morgan fingerprint density at radius 2 is 2.00 bits per heavy atom. The lowest BCUT2D eigenvalue weighted by Crippen LogP contribution is -2.33. The summed E-state index contributed by atoms with van der Waals surface area (Å²) in [4.78, 5) is 31.4. The first-order valence-corrected chi connectivity index (χ1v) is 9.48. The molecule has 0 radical (unpaired) electrons. The molecule has 0 saturated heterocycles. The second-order valence-corrected chi connectivity index (χ2v) is 7.04. The summed E-state index contributed by atoms with van der Waals surface area (Å²) in [5.41, 5.74) is 3.24. The number of phenols is 1. The molecule has 4 rings (SSSR count). The third kappa shape index (κ3) is 3.52. The largest absolute Gasteiger partial charge is 0.506 e. The Morgan fingerprint density at radius 1 is 1.21 bits per heavy atom. The van der Waals surface area contributed by atoms with Crippen molar-refractivity contribution in [1.82, 2.24) is 9.88 Å². The van der Waals surface area contributed by atoms with E-state index in [4.69, 9.17) is 10.1 Å². The van der Waals surface area contributed by atoms with Crippen molar-refractivity contribution in [3.63, 3.8) is 0 Å². The standard InChI is InChI=1S/C22H21N3O4/c1-2-25-10-9-17-15(12-25)20(14-5-3-4-6-16(14)23-17)21(27)24-18-8-7-13(22(28)29)11-19(18)26/h3-8,11,26H,2,9-10,12H2,1H3,(H,24,27)(H,28,29). The molecule has 29 heavy (non-hydrogen) atoms. The minimum Gasteiger partial charge on any atom is -0.506 e. The molecule has 1 aliphatic heterocycles. The van der Waals surface area contributed by atoms with Gasteiger partial charge in [0.2, 0.25) is 0 Å². The van der Waals surface area contributed by atoms with E-state index in [1.165, 1.54) is 12.1 Å². The number of pyridine rings is 1. The first-order valence-electron chi connectivity index (χ1n) is 9.48. The van der Waals surface area contributed by atoms with Crippen LogP contribution in [0.4, 0.5) is 5.69 Å². The van der Waals surface area contributed by atoms with Gasteiger partial charge in [0.05, 0.1) is 22.3 Å². The van der Waals surface area contributed by atoms with Gasteiger partial charge in [-0.3, -0.25) is 14.7 Å². The highest BCUT2D eigenvalue weighted by atomic mass is 16.4. The number of carbonyl (C=O) groups is 2. The van der Waals surface area contributed by atoms with Crippen molar-refractivity contribution in [2.45, 2.75) is 19.9 Å². The number of nitrogens with zero attached hydrogens (tertiary/aromatic N) is 2. The maximum absolute atomic E-state index is 13.3. The van der Waals surface area contributed by atoms with Crippen molar-refractivity contribution in [3.8, 4) is 5.75 Å². The SMILES string of the molecule is CCN1CCc2nc3ccccc3c(C(=O)Nc3ccc(C(=O)O)cc3O)c2C1. The van der Waals surface area contributed by atoms with Crippen molar-refractivity contribution in [3.05, 3.63) is 64.8 Å². The summed E-state index contributed by atoms with van der Waals surface area (Å²) in [6.07, 6.45) is 0.771. The average molecular weight is 391 g/mol. The summed E-state index contributed by atoms with van der Waals surface area (Å²) < 4.78 is 0. The molecule has 3 aromatic rings. The molecule has 0 spiro atoms. The van der Waals surface area contributed by atoms with E-state index in [0.717, 1.165) is 47.7 Å². The summed E-state index contributed by atoms with van der Waals surface area (Å²) in [5, 5.41) is 22.7. The van der Waals surface area contributed by atoms with E-state index in [1.54, 1.807) is 0 Å². The van der Waals surface area contributed by atoms with Gasteiger partial charge in [0.25, 0.3) is 5.91 Å². The van der Waals surface area contributed by atoms with Gasteiger partial charge in [0.15, 0.2) is 0 Å². The number of fused-ring (bicyclic) bond motifs is 2. The topological polar surface area (TPSA) is 103 Å². The number of aromatic nitrogens is 1. The second kappa shape index (κ2) is 7.52. The van der Waals surface area contributed by atoms with Crippen LogP contribution >= 0.6 is 0 Å². The monoisotopic (exact) mass is 391 g/mol. The third-order valence-corrected chi connectivity index (χ3v) is 5.29. The number of amides is 1. The van der Waals surface area contributed by atoms with Crippen molar-refractivity contribution in [2.75, 3.05) is 18.4 Å². The second-order valence-electron chi connectivity index (χ2n) is 7.04. The predicted octanol–water partition coefficient (Wildman–Crippen LogP) is 3.27. The lowest BCUT2D eigenvalue weighted by atomic mass is 9.95. The number of hydrogen-bond donors (Lipinski definition) is 3. The molecule has 7 heteroatoms. The number of aromatic carboxylic acids is 1. The fourth-order valence-corrected chi connectivity index (χ4v) is 3.73. The molecule has 2 heterocycles. The number of para-hydroxylation sites is 1. The minimum absolute atomic E-state index is 0.0502. The highest BCUT2D eigenvalue weighted by molar-refractivity contribution is 6.14. The van der Waals surface area contributed by atoms with Crippen molar-refractivity contribution in [1.29, 1.82) is 0 Å². The Morgan fingerprint density at radius 3 is 2.72 bits per heavy atom. The van der Waals surface area contributed by atoms with Gasteiger partial charge in [-0.15, -0.1) is 0 Å². The van der Waals surface area contributed by atoms with Gasteiger partial charge in [-0.25, -0.2) is 4.79 Å². The molecule has 0 aliphatic carbocycles. The van der Waals surface area contributed by atoms with Gasteiger partial charge < -0.3 is 15.5 Å². The average Bonchev–Trinajstić information content (AvgIpc) is 2.72. The van der Waals surface area contributed by atoms with Gasteiger partial charge in [0, 0.05) is 36.2 Å². The molecule has 2 aromatic carbocycles. The number of aromatic hydroxyl groups is 1. The van der Waals surface area contributed by atoms with Crippen molar-refractivity contribution < 1.29 is 19.8 Å². The van der Waals surface area contributed by atoms with E-state index in [2.05, 4.69) is 17.1 Å². The Hall–Kier alpha value is -3.45. The summed E-state index contributed by atoms with van der Waals surface area (Å²) >= 11 is 0. The molecule has 0 unspecified atom stereocenters. The number of nitrogens with one attached hydrogen (secondary N) is 1. The number of rotatable bonds is 4. The molecule has 0 atom stereocenters. The smallest absolute Gasteiger partial charge is 0.335 e. The van der Waals surface area contributed by atoms with Crippen molar-refractivity contribution in [2.24, 2.45) is 0 Å². The molecule has 0 bridgehead atoms. The number of likely N-dealkylation sites (N-methyl/N-ethyl adjacent to an activating group) is 1. The van der Waals surface area contributed by atoms with E-state index in [-0.39, 0.29) is 22.9 Å². The normalized spacial score (nSPS) is 13.8. The molecular formula is C22H21N3O4. The number of carboxylic acids is 1. The molecule has 1 amide bonds. The first-order chi connectivity index (χ1) is 14.0. The number of carbonyl (C=O) groups excluding carboxylic acids is 1. The van der Waals surface area contributed by atoms with Crippen LogP contribution in [0.5, 0.6) is 5.75 Å². The molecule has 1 aromatic heterocycles. The van der Waals surface area contributed by atoms with Crippen LogP contribution in [0.3, 0.4) is 0 Å². The zero-order chi connectivity index (χ0) is 20.5. The molecule has 1 aliphatic rings. The molecular weight excluding hydrogens is 370 g/mol. The maximum atomic E-state index is 13.3. The van der Waals surface area contributed by atoms with Crippen LogP contribution in [0.1, 0.15) is 38.9 Å². The van der Waals surface area contributed by atoms with Crippen LogP contribution in [0, 0.1) is 0 Å². The highest BCUT2D eigenvalue weighted by Crippen LogP contribution is 2.30. The van der Waals surface area contributed by atoms with E-state index in [9.17, 15) is 14.7 Å². The lowest BCUT2D eigenvalue weighted by molar-refractivity contribution is 0.0696. The molecule has 0 saturated carbocycles. The van der Waals surface area contributed by atoms with Gasteiger partial charge in [-0.05, 0) is 30.8 Å². The van der Waals surface area contributed by atoms with E-state index >= 15 is 0 Å². The minimum atomic E-state index is -1.15. The Kier molecular flexibility index (Phi) is 4.90. The molecule has 3 N–H and O–H groups in total. The fraction of sp³-hybridized carbons (Fsp3) is 0.227. The van der Waals surface area contributed by atoms with Crippen molar-refractivity contribution >= 4 is 28.5 Å². The van der Waals surface area contributed by atoms with Crippen LogP contribution in [0.25, 0.3) is 10.9 Å². The number of anilines is 1. The Labute approximate surface area is 167 Å². The zero-order valence-corrected chi connectivity index (χ0v) is 16.0. The van der Waals surface area contributed by atoms with Crippen LogP contribution in [0.2, 0.25) is 0 Å². The number of phenolic OH excluding ortho intramolecular Hbond substituents is 1. The Bertz CT molecular complexity index is 1130. The van der Waals surface area contributed by atoms with Crippen LogP contribution in [-0.2, 0) is 13.0 Å². The zero-order valence-electron chi connectivity index (χ0n) is 16.0.